The van der Waals surface area contributed by atoms with Gasteiger partial charge in [-0.1, -0.05) is 43.2 Å². The third-order valence-electron chi connectivity index (χ3n) is 6.55. The molecule has 170 valence electrons. The Balaban J connectivity index is 1.40. The molecule has 1 N–H and O–H groups in total. The number of nitrogens with zero attached hydrogens (tertiary/aromatic N) is 1. The Kier molecular flexibility index (Phi) is 6.55. The number of para-hydroxylation sites is 1. The van der Waals surface area contributed by atoms with Gasteiger partial charge in [-0.05, 0) is 49.1 Å². The van der Waals surface area contributed by atoms with Crippen molar-refractivity contribution in [2.45, 2.75) is 37.5 Å². The van der Waals surface area contributed by atoms with Crippen molar-refractivity contribution in [3.8, 4) is 5.75 Å². The van der Waals surface area contributed by atoms with Crippen LogP contribution in [0.4, 0.5) is 5.69 Å². The van der Waals surface area contributed by atoms with Crippen molar-refractivity contribution >= 4 is 27.7 Å². The van der Waals surface area contributed by atoms with E-state index in [2.05, 4.69) is 11.4 Å². The largest absolute Gasteiger partial charge is 0.496 e. The number of carbonyl (C=O) groups is 1. The molecule has 1 aliphatic carbocycles. The van der Waals surface area contributed by atoms with Gasteiger partial charge in [-0.25, -0.2) is 8.42 Å². The number of hydrogen-bond donors (Lipinski definition) is 1. The maximum Gasteiger partial charge on any atom is 0.244 e. The zero-order valence-corrected chi connectivity index (χ0v) is 19.2. The van der Waals surface area contributed by atoms with Crippen LogP contribution in [0.15, 0.2) is 54.6 Å². The van der Waals surface area contributed by atoms with Crippen molar-refractivity contribution in [2.24, 2.45) is 0 Å². The average molecular weight is 455 g/mol. The van der Waals surface area contributed by atoms with E-state index in [0.29, 0.717) is 25.2 Å². The molecule has 2 fully saturated rings. The molecule has 2 aromatic rings. The van der Waals surface area contributed by atoms with Crippen LogP contribution in [-0.4, -0.2) is 40.3 Å². The maximum atomic E-state index is 12.5. The quantitative estimate of drug-likeness (QED) is 0.645. The third kappa shape index (κ3) is 4.67. The fraction of sp³-hybridized carbons (Fsp3) is 0.400. The van der Waals surface area contributed by atoms with Gasteiger partial charge in [0.2, 0.25) is 15.9 Å². The van der Waals surface area contributed by atoms with Gasteiger partial charge in [0, 0.05) is 30.1 Å². The molecular weight excluding hydrogens is 424 g/mol. The van der Waals surface area contributed by atoms with Gasteiger partial charge in [-0.3, -0.25) is 9.10 Å². The highest BCUT2D eigenvalue weighted by atomic mass is 32.2. The zero-order valence-electron chi connectivity index (χ0n) is 18.4. The van der Waals surface area contributed by atoms with Gasteiger partial charge < -0.3 is 10.1 Å². The van der Waals surface area contributed by atoms with Crippen molar-refractivity contribution in [3.63, 3.8) is 0 Å². The number of sulfonamides is 1. The first-order valence-electron chi connectivity index (χ1n) is 11.1. The van der Waals surface area contributed by atoms with Gasteiger partial charge in [0.15, 0.2) is 0 Å². The Morgan fingerprint density at radius 1 is 1.09 bits per heavy atom. The van der Waals surface area contributed by atoms with E-state index in [1.165, 1.54) is 10.4 Å². The van der Waals surface area contributed by atoms with Crippen LogP contribution >= 0.6 is 0 Å². The average Bonchev–Trinajstić information content (AvgIpc) is 3.43. The second-order valence-electron chi connectivity index (χ2n) is 8.57. The van der Waals surface area contributed by atoms with E-state index < -0.39 is 10.0 Å². The van der Waals surface area contributed by atoms with Crippen LogP contribution in [0.1, 0.15) is 43.2 Å². The van der Waals surface area contributed by atoms with E-state index in [4.69, 9.17) is 4.74 Å². The standard InChI is InChI=1S/C25H30N2O4S/c1-31-23-8-3-2-7-22(23)25(15-4-5-16-25)19-26-24(28)14-11-20-9-12-21(13-10-20)27-17-6-18-32(27,29)30/h2-3,7-14H,4-6,15-19H2,1H3,(H,26,28). The van der Waals surface area contributed by atoms with Crippen LogP contribution in [0.2, 0.25) is 0 Å². The Hall–Kier alpha value is -2.80. The number of ether oxygens (including phenoxy) is 1. The van der Waals surface area contributed by atoms with Crippen molar-refractivity contribution in [1.82, 2.24) is 5.32 Å². The number of benzene rings is 2. The molecule has 1 saturated carbocycles. The van der Waals surface area contributed by atoms with Crippen LogP contribution < -0.4 is 14.4 Å². The van der Waals surface area contributed by atoms with Crippen LogP contribution in [0.3, 0.4) is 0 Å². The third-order valence-corrected chi connectivity index (χ3v) is 8.42. The van der Waals surface area contributed by atoms with Gasteiger partial charge in [0.25, 0.3) is 0 Å². The molecule has 1 heterocycles. The van der Waals surface area contributed by atoms with E-state index in [1.807, 2.05) is 30.3 Å². The number of amides is 1. The Morgan fingerprint density at radius 3 is 2.47 bits per heavy atom. The minimum atomic E-state index is -3.19. The lowest BCUT2D eigenvalue weighted by Crippen LogP contribution is -2.38. The number of anilines is 1. The topological polar surface area (TPSA) is 75.7 Å². The number of rotatable bonds is 7. The summed E-state index contributed by atoms with van der Waals surface area (Å²) in [6.45, 7) is 1.09. The second kappa shape index (κ2) is 9.36. The zero-order chi connectivity index (χ0) is 22.6. The Labute approximate surface area is 190 Å². The first kappa shape index (κ1) is 22.4. The van der Waals surface area contributed by atoms with Crippen molar-refractivity contribution in [1.29, 1.82) is 0 Å². The minimum absolute atomic E-state index is 0.0982. The summed E-state index contributed by atoms with van der Waals surface area (Å²) in [6, 6.07) is 15.3. The first-order valence-corrected chi connectivity index (χ1v) is 12.7. The molecule has 1 amide bonds. The molecule has 0 aromatic heterocycles. The summed E-state index contributed by atoms with van der Waals surface area (Å²) in [5, 5.41) is 3.08. The first-order chi connectivity index (χ1) is 15.4. The summed E-state index contributed by atoms with van der Waals surface area (Å²) in [6.07, 6.45) is 8.27. The molecule has 0 spiro atoms. The Bertz CT molecular complexity index is 1090. The van der Waals surface area contributed by atoms with E-state index in [1.54, 1.807) is 25.3 Å². The number of methoxy groups -OCH3 is 1. The number of carbonyl (C=O) groups excluding carboxylic acids is 1. The summed E-state index contributed by atoms with van der Waals surface area (Å²) < 4.78 is 31.2. The fourth-order valence-electron chi connectivity index (χ4n) is 4.84. The normalized spacial score (nSPS) is 19.3. The van der Waals surface area contributed by atoms with Gasteiger partial charge in [-0.2, -0.15) is 0 Å². The van der Waals surface area contributed by atoms with Crippen LogP contribution in [0.25, 0.3) is 6.08 Å². The molecule has 6 nitrogen and oxygen atoms in total. The lowest BCUT2D eigenvalue weighted by atomic mass is 9.78. The highest BCUT2D eigenvalue weighted by Gasteiger charge is 2.37. The maximum absolute atomic E-state index is 12.5. The van der Waals surface area contributed by atoms with E-state index in [0.717, 1.165) is 42.6 Å². The molecule has 0 radical (unpaired) electrons. The van der Waals surface area contributed by atoms with Crippen molar-refractivity contribution in [2.75, 3.05) is 30.3 Å². The molecule has 1 saturated heterocycles. The summed E-state index contributed by atoms with van der Waals surface area (Å²) in [7, 11) is -1.50. The monoisotopic (exact) mass is 454 g/mol. The molecule has 1 aliphatic heterocycles. The highest BCUT2D eigenvalue weighted by molar-refractivity contribution is 7.93. The van der Waals surface area contributed by atoms with Crippen LogP contribution in [-0.2, 0) is 20.2 Å². The van der Waals surface area contributed by atoms with E-state index >= 15 is 0 Å². The predicted molar refractivity (Wildman–Crippen MR) is 127 cm³/mol. The van der Waals surface area contributed by atoms with Crippen LogP contribution in [0.5, 0.6) is 5.75 Å². The lowest BCUT2D eigenvalue weighted by molar-refractivity contribution is -0.116. The molecule has 32 heavy (non-hydrogen) atoms. The fourth-order valence-corrected chi connectivity index (χ4v) is 6.41. The molecule has 0 unspecified atom stereocenters. The smallest absolute Gasteiger partial charge is 0.244 e. The summed E-state index contributed by atoms with van der Waals surface area (Å²) in [4.78, 5) is 12.5. The van der Waals surface area contributed by atoms with E-state index in [-0.39, 0.29) is 17.1 Å². The summed E-state index contributed by atoms with van der Waals surface area (Å²) >= 11 is 0. The van der Waals surface area contributed by atoms with Gasteiger partial charge in [0.05, 0.1) is 18.6 Å². The molecule has 4 rings (SSSR count). The highest BCUT2D eigenvalue weighted by Crippen LogP contribution is 2.44. The van der Waals surface area contributed by atoms with E-state index in [9.17, 15) is 13.2 Å². The summed E-state index contributed by atoms with van der Waals surface area (Å²) in [5.41, 5.74) is 2.58. The second-order valence-corrected chi connectivity index (χ2v) is 10.6. The number of nitrogens with one attached hydrogen (secondary N) is 1. The Morgan fingerprint density at radius 2 is 1.81 bits per heavy atom. The minimum Gasteiger partial charge on any atom is -0.496 e. The van der Waals surface area contributed by atoms with Crippen molar-refractivity contribution < 1.29 is 17.9 Å². The molecule has 0 atom stereocenters. The molecule has 2 aliphatic rings. The van der Waals surface area contributed by atoms with Gasteiger partial charge in [0.1, 0.15) is 5.75 Å². The number of hydrogen-bond acceptors (Lipinski definition) is 4. The van der Waals surface area contributed by atoms with Gasteiger partial charge >= 0.3 is 0 Å². The SMILES string of the molecule is COc1ccccc1C1(CNC(=O)C=Cc2ccc(N3CCCS3(=O)=O)cc2)CCCC1. The van der Waals surface area contributed by atoms with Crippen molar-refractivity contribution in [3.05, 3.63) is 65.7 Å². The van der Waals surface area contributed by atoms with Crippen LogP contribution in [0, 0.1) is 0 Å². The predicted octanol–water partition coefficient (Wildman–Crippen LogP) is 3.88. The molecular formula is C25H30N2O4S. The van der Waals surface area contributed by atoms with Gasteiger partial charge in [-0.15, -0.1) is 0 Å². The molecule has 7 heteroatoms. The molecule has 0 bridgehead atoms. The molecule has 2 aromatic carbocycles. The summed E-state index contributed by atoms with van der Waals surface area (Å²) in [5.74, 6) is 0.933. The lowest BCUT2D eigenvalue weighted by Gasteiger charge is -2.31.